The van der Waals surface area contributed by atoms with Crippen molar-refractivity contribution in [2.75, 3.05) is 13.2 Å². The van der Waals surface area contributed by atoms with Gasteiger partial charge in [-0.15, -0.1) is 0 Å². The number of amides is 3. The number of fused-ring (bicyclic) bond motifs is 1. The number of rotatable bonds is 6. The summed E-state index contributed by atoms with van der Waals surface area (Å²) in [4.78, 5) is 37.9. The summed E-state index contributed by atoms with van der Waals surface area (Å²) in [6, 6.07) is 6.38. The van der Waals surface area contributed by atoms with Gasteiger partial charge in [0.2, 0.25) is 0 Å². The minimum Gasteiger partial charge on any atom is -0.449 e. The second-order valence-corrected chi connectivity index (χ2v) is 6.75. The lowest BCUT2D eigenvalue weighted by Crippen LogP contribution is -2.48. The zero-order chi connectivity index (χ0) is 17.9. The number of carbonyl (C=O) groups is 3. The Morgan fingerprint density at radius 3 is 2.08 bits per heavy atom. The maximum absolute atomic E-state index is 12.4. The molecule has 0 aromatic heterocycles. The summed E-state index contributed by atoms with van der Waals surface area (Å²) in [5.41, 5.74) is 0.819. The number of carbonyl (C=O) groups excluding carboxylic acids is 3. The summed E-state index contributed by atoms with van der Waals surface area (Å²) >= 11 is 0. The van der Waals surface area contributed by atoms with E-state index < -0.39 is 6.09 Å². The van der Waals surface area contributed by atoms with Crippen molar-refractivity contribution in [1.29, 1.82) is 0 Å². The molecule has 1 aliphatic heterocycles. The fourth-order valence-corrected chi connectivity index (χ4v) is 2.46. The van der Waals surface area contributed by atoms with Gasteiger partial charge in [-0.1, -0.05) is 39.8 Å². The summed E-state index contributed by atoms with van der Waals surface area (Å²) in [6.07, 6.45) is -0.529. The molecule has 0 aliphatic carbocycles. The topological polar surface area (TPSA) is 75.7 Å². The fourth-order valence-electron chi connectivity index (χ4n) is 2.46. The van der Waals surface area contributed by atoms with Gasteiger partial charge in [0.15, 0.2) is 0 Å². The van der Waals surface area contributed by atoms with Crippen molar-refractivity contribution in [3.05, 3.63) is 35.4 Å². The van der Waals surface area contributed by atoms with Gasteiger partial charge in [0.1, 0.15) is 0 Å². The molecule has 6 nitrogen and oxygen atoms in total. The lowest BCUT2D eigenvalue weighted by molar-refractivity contribution is 0.0620. The summed E-state index contributed by atoms with van der Waals surface area (Å²) in [6.45, 7) is 8.19. The van der Waals surface area contributed by atoms with E-state index in [1.165, 1.54) is 4.90 Å². The van der Waals surface area contributed by atoms with Crippen LogP contribution in [-0.2, 0) is 4.74 Å². The number of nitrogens with one attached hydrogen (secondary N) is 1. The van der Waals surface area contributed by atoms with Gasteiger partial charge in [-0.05, 0) is 24.0 Å². The maximum atomic E-state index is 12.4. The standard InChI is InChI=1S/C18H24N2O4/c1-11(2)10-24-18(23)19-15(12(3)4)9-20-16(21)13-7-5-6-8-14(13)17(20)22/h5-8,11-12,15H,9-10H2,1-4H3,(H,19,23)/t15-/m1/s1. The molecule has 24 heavy (non-hydrogen) atoms. The lowest BCUT2D eigenvalue weighted by Gasteiger charge is -2.26. The molecular weight excluding hydrogens is 308 g/mol. The molecule has 0 fully saturated rings. The molecule has 2 rings (SSSR count). The summed E-state index contributed by atoms with van der Waals surface area (Å²) in [7, 11) is 0. The molecule has 6 heteroatoms. The number of hydrogen-bond donors (Lipinski definition) is 1. The van der Waals surface area contributed by atoms with E-state index in [9.17, 15) is 14.4 Å². The number of alkyl carbamates (subject to hydrolysis) is 1. The lowest BCUT2D eigenvalue weighted by atomic mass is 10.0. The van der Waals surface area contributed by atoms with E-state index in [1.807, 2.05) is 27.7 Å². The molecule has 0 radical (unpaired) electrons. The molecule has 0 unspecified atom stereocenters. The highest BCUT2D eigenvalue weighted by Gasteiger charge is 2.37. The number of imide groups is 1. The first kappa shape index (κ1) is 18.0. The van der Waals surface area contributed by atoms with Crippen LogP contribution in [0.5, 0.6) is 0 Å². The van der Waals surface area contributed by atoms with Gasteiger partial charge in [-0.25, -0.2) is 4.79 Å². The Labute approximate surface area is 142 Å². The third-order valence-electron chi connectivity index (χ3n) is 3.91. The van der Waals surface area contributed by atoms with Crippen LogP contribution in [-0.4, -0.2) is 42.0 Å². The van der Waals surface area contributed by atoms with Gasteiger partial charge in [0.05, 0.1) is 23.8 Å². The number of benzene rings is 1. The van der Waals surface area contributed by atoms with E-state index in [0.29, 0.717) is 17.7 Å². The van der Waals surface area contributed by atoms with Gasteiger partial charge in [-0.3, -0.25) is 14.5 Å². The minimum atomic E-state index is -0.529. The molecule has 130 valence electrons. The molecule has 0 bridgehead atoms. The quantitative estimate of drug-likeness (QED) is 0.813. The molecule has 0 spiro atoms. The van der Waals surface area contributed by atoms with E-state index in [1.54, 1.807) is 24.3 Å². The summed E-state index contributed by atoms with van der Waals surface area (Å²) in [5, 5.41) is 2.76. The van der Waals surface area contributed by atoms with Crippen molar-refractivity contribution < 1.29 is 19.1 Å². The first-order valence-electron chi connectivity index (χ1n) is 8.19. The van der Waals surface area contributed by atoms with Gasteiger partial charge in [-0.2, -0.15) is 0 Å². The zero-order valence-electron chi connectivity index (χ0n) is 14.5. The number of ether oxygens (including phenoxy) is 1. The normalized spacial score (nSPS) is 15.0. The van der Waals surface area contributed by atoms with Crippen molar-refractivity contribution >= 4 is 17.9 Å². The smallest absolute Gasteiger partial charge is 0.407 e. The first-order valence-corrected chi connectivity index (χ1v) is 8.19. The van der Waals surface area contributed by atoms with Gasteiger partial charge in [0, 0.05) is 6.54 Å². The Hall–Kier alpha value is -2.37. The molecular formula is C18H24N2O4. The summed E-state index contributed by atoms with van der Waals surface area (Å²) < 4.78 is 5.13. The van der Waals surface area contributed by atoms with E-state index in [-0.39, 0.29) is 36.2 Å². The zero-order valence-corrected chi connectivity index (χ0v) is 14.5. The maximum Gasteiger partial charge on any atom is 0.407 e. The molecule has 1 aromatic carbocycles. The Morgan fingerprint density at radius 2 is 1.62 bits per heavy atom. The predicted molar refractivity (Wildman–Crippen MR) is 89.8 cm³/mol. The molecule has 3 amide bonds. The van der Waals surface area contributed by atoms with Gasteiger partial charge >= 0.3 is 6.09 Å². The summed E-state index contributed by atoms with van der Waals surface area (Å²) in [5.74, 6) is -0.359. The van der Waals surface area contributed by atoms with Crippen LogP contribution in [0, 0.1) is 11.8 Å². The van der Waals surface area contributed by atoms with Crippen molar-refractivity contribution in [2.45, 2.75) is 33.7 Å². The molecule has 1 atom stereocenters. The highest BCUT2D eigenvalue weighted by atomic mass is 16.5. The Balaban J connectivity index is 2.05. The van der Waals surface area contributed by atoms with Crippen LogP contribution >= 0.6 is 0 Å². The first-order chi connectivity index (χ1) is 11.3. The van der Waals surface area contributed by atoms with Crippen LogP contribution in [0.2, 0.25) is 0 Å². The predicted octanol–water partition coefficient (Wildman–Crippen LogP) is 2.69. The van der Waals surface area contributed by atoms with Crippen molar-refractivity contribution in [3.63, 3.8) is 0 Å². The Bertz CT molecular complexity index is 605. The van der Waals surface area contributed by atoms with Gasteiger partial charge in [0.25, 0.3) is 11.8 Å². The average Bonchev–Trinajstić information content (AvgIpc) is 2.77. The van der Waals surface area contributed by atoms with Crippen LogP contribution in [0.3, 0.4) is 0 Å². The van der Waals surface area contributed by atoms with Crippen molar-refractivity contribution in [1.82, 2.24) is 10.2 Å². The van der Waals surface area contributed by atoms with Crippen LogP contribution in [0.15, 0.2) is 24.3 Å². The largest absolute Gasteiger partial charge is 0.449 e. The SMILES string of the molecule is CC(C)COC(=O)N[C@H](CN1C(=O)c2ccccc2C1=O)C(C)C. The van der Waals surface area contributed by atoms with Crippen molar-refractivity contribution in [2.24, 2.45) is 11.8 Å². The highest BCUT2D eigenvalue weighted by molar-refractivity contribution is 6.21. The molecule has 1 heterocycles. The second-order valence-electron chi connectivity index (χ2n) is 6.75. The van der Waals surface area contributed by atoms with Crippen LogP contribution < -0.4 is 5.32 Å². The van der Waals surface area contributed by atoms with Crippen LogP contribution in [0.4, 0.5) is 4.79 Å². The van der Waals surface area contributed by atoms with E-state index in [2.05, 4.69) is 5.32 Å². The van der Waals surface area contributed by atoms with Gasteiger partial charge < -0.3 is 10.1 Å². The van der Waals surface area contributed by atoms with E-state index >= 15 is 0 Å². The Morgan fingerprint density at radius 1 is 1.08 bits per heavy atom. The van der Waals surface area contributed by atoms with E-state index in [0.717, 1.165) is 0 Å². The fraction of sp³-hybridized carbons (Fsp3) is 0.500. The van der Waals surface area contributed by atoms with E-state index in [4.69, 9.17) is 4.74 Å². The molecule has 0 saturated heterocycles. The molecule has 0 saturated carbocycles. The average molecular weight is 332 g/mol. The highest BCUT2D eigenvalue weighted by Crippen LogP contribution is 2.23. The molecule has 1 aromatic rings. The molecule has 1 aliphatic rings. The van der Waals surface area contributed by atoms with Crippen LogP contribution in [0.1, 0.15) is 48.4 Å². The molecule has 1 N–H and O–H groups in total. The Kier molecular flexibility index (Phi) is 5.59. The van der Waals surface area contributed by atoms with Crippen molar-refractivity contribution in [3.8, 4) is 0 Å². The number of nitrogens with zero attached hydrogens (tertiary/aromatic N) is 1. The van der Waals surface area contributed by atoms with Crippen LogP contribution in [0.25, 0.3) is 0 Å². The number of hydrogen-bond acceptors (Lipinski definition) is 4. The minimum absolute atomic E-state index is 0.0425. The second kappa shape index (κ2) is 7.47. The monoisotopic (exact) mass is 332 g/mol. The third-order valence-corrected chi connectivity index (χ3v) is 3.91. The third kappa shape index (κ3) is 3.93.